The molecule has 1 aromatic carbocycles. The Balaban J connectivity index is 1.92. The molecule has 0 saturated carbocycles. The molecule has 0 aliphatic carbocycles. The lowest BCUT2D eigenvalue weighted by Crippen LogP contribution is -2.41. The number of hydrogen-bond donors (Lipinski definition) is 1. The summed E-state index contributed by atoms with van der Waals surface area (Å²) in [5, 5.41) is 2.97. The van der Waals surface area contributed by atoms with Gasteiger partial charge in [-0.05, 0) is 44.9 Å². The Morgan fingerprint density at radius 1 is 1.26 bits per heavy atom. The summed E-state index contributed by atoms with van der Waals surface area (Å²) in [6.45, 7) is 7.68. The van der Waals surface area contributed by atoms with Crippen LogP contribution in [0.25, 0.3) is 0 Å². The van der Waals surface area contributed by atoms with E-state index in [1.54, 1.807) is 0 Å². The van der Waals surface area contributed by atoms with E-state index in [2.05, 4.69) is 54.2 Å². The van der Waals surface area contributed by atoms with Gasteiger partial charge in [-0.2, -0.15) is 0 Å². The molecule has 1 aromatic heterocycles. The number of carbonyl (C=O) groups is 1. The second kappa shape index (κ2) is 6.11. The second-order valence-electron chi connectivity index (χ2n) is 6.78. The van der Waals surface area contributed by atoms with Crippen molar-refractivity contribution < 1.29 is 4.79 Å². The normalized spacial score (nSPS) is 18.5. The lowest BCUT2D eigenvalue weighted by Gasteiger charge is -2.30. The Labute approximate surface area is 138 Å². The van der Waals surface area contributed by atoms with E-state index in [0.29, 0.717) is 13.1 Å². The fourth-order valence-electron chi connectivity index (χ4n) is 3.52. The summed E-state index contributed by atoms with van der Waals surface area (Å²) < 4.78 is 2.30. The van der Waals surface area contributed by atoms with Crippen molar-refractivity contribution in [3.05, 3.63) is 59.9 Å². The maximum Gasteiger partial charge on any atom is 0.318 e. The van der Waals surface area contributed by atoms with Gasteiger partial charge in [-0.25, -0.2) is 4.79 Å². The van der Waals surface area contributed by atoms with E-state index in [1.807, 2.05) is 30.0 Å². The van der Waals surface area contributed by atoms with Gasteiger partial charge in [0.15, 0.2) is 0 Å². The number of nitrogens with one attached hydrogen (secondary N) is 1. The summed E-state index contributed by atoms with van der Waals surface area (Å²) in [6.07, 6.45) is 3.06. The second-order valence-corrected chi connectivity index (χ2v) is 6.78. The average molecular weight is 311 g/mol. The molecule has 1 aliphatic heterocycles. The van der Waals surface area contributed by atoms with Crippen LogP contribution in [0.3, 0.4) is 0 Å². The molecule has 122 valence electrons. The molecule has 0 bridgehead atoms. The number of carbonyl (C=O) groups excluding carboxylic acids is 1. The molecule has 1 aliphatic rings. The third-order valence-corrected chi connectivity index (χ3v) is 4.63. The molecule has 0 spiro atoms. The first-order valence-electron chi connectivity index (χ1n) is 8.29. The van der Waals surface area contributed by atoms with E-state index >= 15 is 0 Å². The molecular weight excluding hydrogens is 286 g/mol. The van der Waals surface area contributed by atoms with Crippen LogP contribution in [0.15, 0.2) is 48.7 Å². The molecule has 0 radical (unpaired) electrons. The molecule has 1 atom stereocenters. The van der Waals surface area contributed by atoms with Crippen LogP contribution >= 0.6 is 0 Å². The van der Waals surface area contributed by atoms with Crippen molar-refractivity contribution in [3.8, 4) is 0 Å². The summed E-state index contributed by atoms with van der Waals surface area (Å²) in [7, 11) is 0. The number of urea groups is 1. The first-order chi connectivity index (χ1) is 11.0. The molecule has 1 N–H and O–H groups in total. The van der Waals surface area contributed by atoms with Gasteiger partial charge in [-0.1, -0.05) is 30.3 Å². The van der Waals surface area contributed by atoms with Gasteiger partial charge in [0.1, 0.15) is 0 Å². The molecule has 2 heterocycles. The van der Waals surface area contributed by atoms with Crippen molar-refractivity contribution >= 4 is 6.03 Å². The third-order valence-electron chi connectivity index (χ3n) is 4.63. The Hall–Kier alpha value is -2.23. The fourth-order valence-corrected chi connectivity index (χ4v) is 3.52. The van der Waals surface area contributed by atoms with Crippen LogP contribution in [0, 0.1) is 0 Å². The monoisotopic (exact) mass is 311 g/mol. The summed E-state index contributed by atoms with van der Waals surface area (Å²) in [5.74, 6) is 0. The van der Waals surface area contributed by atoms with E-state index in [9.17, 15) is 4.79 Å². The van der Waals surface area contributed by atoms with E-state index < -0.39 is 0 Å². The van der Waals surface area contributed by atoms with Crippen molar-refractivity contribution in [2.75, 3.05) is 6.54 Å². The molecule has 23 heavy (non-hydrogen) atoms. The van der Waals surface area contributed by atoms with Crippen LogP contribution in [0.2, 0.25) is 0 Å². The number of rotatable bonds is 4. The zero-order chi connectivity index (χ0) is 16.4. The SMILES string of the molecule is CCNC(=O)N(Cc1ccccc1)C1CC(C)(C)n2cccc21. The molecule has 0 saturated heterocycles. The maximum atomic E-state index is 12.7. The first-order valence-corrected chi connectivity index (χ1v) is 8.29. The van der Waals surface area contributed by atoms with Gasteiger partial charge >= 0.3 is 6.03 Å². The van der Waals surface area contributed by atoms with Crippen molar-refractivity contribution in [1.82, 2.24) is 14.8 Å². The van der Waals surface area contributed by atoms with Crippen molar-refractivity contribution in [2.45, 2.75) is 45.3 Å². The number of nitrogens with zero attached hydrogens (tertiary/aromatic N) is 2. The van der Waals surface area contributed by atoms with Gasteiger partial charge < -0.3 is 14.8 Å². The Morgan fingerprint density at radius 2 is 2.00 bits per heavy atom. The van der Waals surface area contributed by atoms with Gasteiger partial charge in [0.05, 0.1) is 6.04 Å². The first kappa shape index (κ1) is 15.7. The van der Waals surface area contributed by atoms with Crippen LogP contribution < -0.4 is 5.32 Å². The standard InChI is InChI=1S/C19H25N3O/c1-4-20-18(23)21(14-15-9-6-5-7-10-15)17-13-19(2,3)22-12-8-11-16(17)22/h5-12,17H,4,13-14H2,1-3H3,(H,20,23). The van der Waals surface area contributed by atoms with Crippen LogP contribution in [-0.4, -0.2) is 22.0 Å². The van der Waals surface area contributed by atoms with Gasteiger partial charge in [0.25, 0.3) is 0 Å². The van der Waals surface area contributed by atoms with Crippen molar-refractivity contribution in [3.63, 3.8) is 0 Å². The molecule has 0 fully saturated rings. The van der Waals surface area contributed by atoms with E-state index in [-0.39, 0.29) is 17.6 Å². The zero-order valence-electron chi connectivity index (χ0n) is 14.1. The van der Waals surface area contributed by atoms with Crippen LogP contribution in [0.5, 0.6) is 0 Å². The van der Waals surface area contributed by atoms with E-state index in [0.717, 1.165) is 12.0 Å². The Morgan fingerprint density at radius 3 is 2.70 bits per heavy atom. The van der Waals surface area contributed by atoms with E-state index in [4.69, 9.17) is 0 Å². The molecular formula is C19H25N3O. The third kappa shape index (κ3) is 2.98. The number of hydrogen-bond acceptors (Lipinski definition) is 1. The average Bonchev–Trinajstić information content (AvgIpc) is 3.10. The van der Waals surface area contributed by atoms with E-state index in [1.165, 1.54) is 5.69 Å². The predicted octanol–water partition coefficient (Wildman–Crippen LogP) is 3.90. The van der Waals surface area contributed by atoms with Crippen LogP contribution in [0.1, 0.15) is 44.5 Å². The van der Waals surface area contributed by atoms with Crippen LogP contribution in [-0.2, 0) is 12.1 Å². The Kier molecular flexibility index (Phi) is 4.16. The highest BCUT2D eigenvalue weighted by molar-refractivity contribution is 5.74. The summed E-state index contributed by atoms with van der Waals surface area (Å²) in [5.41, 5.74) is 2.41. The van der Waals surface area contributed by atoms with Crippen LogP contribution in [0.4, 0.5) is 4.79 Å². The maximum absolute atomic E-state index is 12.7. The number of fused-ring (bicyclic) bond motifs is 1. The molecule has 2 amide bonds. The number of benzene rings is 1. The highest BCUT2D eigenvalue weighted by atomic mass is 16.2. The lowest BCUT2D eigenvalue weighted by atomic mass is 9.98. The quantitative estimate of drug-likeness (QED) is 0.913. The number of aromatic nitrogens is 1. The molecule has 2 aromatic rings. The topological polar surface area (TPSA) is 37.3 Å². The molecule has 1 unspecified atom stereocenters. The highest BCUT2D eigenvalue weighted by Gasteiger charge is 2.40. The predicted molar refractivity (Wildman–Crippen MR) is 92.2 cm³/mol. The molecule has 4 heteroatoms. The highest BCUT2D eigenvalue weighted by Crippen LogP contribution is 2.42. The fraction of sp³-hybridized carbons (Fsp3) is 0.421. The van der Waals surface area contributed by atoms with Gasteiger partial charge in [0, 0.05) is 30.5 Å². The van der Waals surface area contributed by atoms with Crippen molar-refractivity contribution in [2.24, 2.45) is 0 Å². The van der Waals surface area contributed by atoms with Gasteiger partial charge in [-0.15, -0.1) is 0 Å². The van der Waals surface area contributed by atoms with Gasteiger partial charge in [-0.3, -0.25) is 0 Å². The minimum atomic E-state index is 0.00630. The summed E-state index contributed by atoms with van der Waals surface area (Å²) in [6, 6.07) is 14.5. The zero-order valence-corrected chi connectivity index (χ0v) is 14.1. The molecule has 3 rings (SSSR count). The van der Waals surface area contributed by atoms with Gasteiger partial charge in [0.2, 0.25) is 0 Å². The minimum absolute atomic E-state index is 0.00630. The smallest absolute Gasteiger partial charge is 0.318 e. The number of amides is 2. The lowest BCUT2D eigenvalue weighted by molar-refractivity contribution is 0.163. The molecule has 4 nitrogen and oxygen atoms in total. The summed E-state index contributed by atoms with van der Waals surface area (Å²) >= 11 is 0. The Bertz CT molecular complexity index is 675. The largest absolute Gasteiger partial charge is 0.344 e. The minimum Gasteiger partial charge on any atom is -0.344 e. The van der Waals surface area contributed by atoms with Crippen molar-refractivity contribution in [1.29, 1.82) is 0 Å². The summed E-state index contributed by atoms with van der Waals surface area (Å²) in [4.78, 5) is 14.7.